The smallest absolute Gasteiger partial charge is 0.133 e. The minimum atomic E-state index is -0.800. The summed E-state index contributed by atoms with van der Waals surface area (Å²) in [5.74, 6) is 1.84. The molecule has 1 saturated carbocycles. The van der Waals surface area contributed by atoms with Crippen molar-refractivity contribution < 1.29 is 9.52 Å². The van der Waals surface area contributed by atoms with Crippen LogP contribution in [0.3, 0.4) is 0 Å². The second kappa shape index (κ2) is 5.16. The predicted molar refractivity (Wildman–Crippen MR) is 68.5 cm³/mol. The molecule has 1 aliphatic carbocycles. The van der Waals surface area contributed by atoms with E-state index in [0.29, 0.717) is 17.6 Å². The summed E-state index contributed by atoms with van der Waals surface area (Å²) in [4.78, 5) is 0. The van der Waals surface area contributed by atoms with Gasteiger partial charge in [-0.15, -0.1) is 0 Å². The van der Waals surface area contributed by atoms with E-state index in [9.17, 15) is 10.4 Å². The van der Waals surface area contributed by atoms with Crippen LogP contribution >= 0.6 is 0 Å². The quantitative estimate of drug-likeness (QED) is 0.886. The molecule has 0 aromatic carbocycles. The largest absolute Gasteiger partial charge is 0.467 e. The van der Waals surface area contributed by atoms with Gasteiger partial charge in [0.1, 0.15) is 11.9 Å². The third-order valence-corrected chi connectivity index (χ3v) is 4.42. The number of aliphatic hydroxyl groups is 1. The minimum absolute atomic E-state index is 0.513. The van der Waals surface area contributed by atoms with E-state index in [-0.39, 0.29) is 0 Å². The summed E-state index contributed by atoms with van der Waals surface area (Å²) in [6, 6.07) is 5.86. The maximum atomic E-state index is 10.4. The number of hydrogen-bond donors (Lipinski definition) is 1. The van der Waals surface area contributed by atoms with Crippen LogP contribution in [0.25, 0.3) is 0 Å². The normalized spacial score (nSPS) is 30.1. The first-order chi connectivity index (χ1) is 8.59. The standard InChI is InChI=1S/C15H21NO2/c1-11(2)12-5-7-15(10-16,8-6-12)14(17)13-4-3-9-18-13/h3-4,9,11-12,14,17H,5-8H2,1-2H3. The molecule has 3 nitrogen and oxygen atoms in total. The van der Waals surface area contributed by atoms with Crippen LogP contribution in [0.5, 0.6) is 0 Å². The fourth-order valence-corrected chi connectivity index (χ4v) is 2.99. The maximum absolute atomic E-state index is 10.4. The molecule has 0 spiro atoms. The molecule has 1 aromatic heterocycles. The monoisotopic (exact) mass is 247 g/mol. The van der Waals surface area contributed by atoms with Crippen LogP contribution in [0.2, 0.25) is 0 Å². The highest BCUT2D eigenvalue weighted by atomic mass is 16.4. The second-order valence-corrected chi connectivity index (χ2v) is 5.77. The first kappa shape index (κ1) is 13.2. The number of furan rings is 1. The Bertz CT molecular complexity index is 408. The van der Waals surface area contributed by atoms with Gasteiger partial charge in [-0.3, -0.25) is 0 Å². The van der Waals surface area contributed by atoms with Crippen LogP contribution in [-0.2, 0) is 0 Å². The molecule has 0 amide bonds. The van der Waals surface area contributed by atoms with Gasteiger partial charge in [-0.2, -0.15) is 5.26 Å². The molecule has 1 aliphatic rings. The number of nitrogens with zero attached hydrogens (tertiary/aromatic N) is 1. The molecule has 98 valence electrons. The van der Waals surface area contributed by atoms with Gasteiger partial charge < -0.3 is 9.52 Å². The molecule has 3 heteroatoms. The molecule has 0 aliphatic heterocycles. The Labute approximate surface area is 108 Å². The molecule has 1 aromatic rings. The molecular weight excluding hydrogens is 226 g/mol. The minimum Gasteiger partial charge on any atom is -0.467 e. The lowest BCUT2D eigenvalue weighted by Gasteiger charge is -2.38. The molecule has 0 bridgehead atoms. The molecule has 1 unspecified atom stereocenters. The lowest BCUT2D eigenvalue weighted by molar-refractivity contribution is 0.00515. The zero-order chi connectivity index (χ0) is 13.2. The molecule has 1 heterocycles. The zero-order valence-electron chi connectivity index (χ0n) is 11.1. The van der Waals surface area contributed by atoms with Gasteiger partial charge in [-0.05, 0) is 49.7 Å². The van der Waals surface area contributed by atoms with E-state index in [0.717, 1.165) is 25.7 Å². The third-order valence-electron chi connectivity index (χ3n) is 4.42. The van der Waals surface area contributed by atoms with Gasteiger partial charge in [-0.25, -0.2) is 0 Å². The highest BCUT2D eigenvalue weighted by Crippen LogP contribution is 2.48. The highest BCUT2D eigenvalue weighted by Gasteiger charge is 2.44. The first-order valence-electron chi connectivity index (χ1n) is 6.72. The van der Waals surface area contributed by atoms with Crippen LogP contribution in [0, 0.1) is 28.6 Å². The molecule has 1 atom stereocenters. The molecule has 0 saturated heterocycles. The average Bonchev–Trinajstić information content (AvgIpc) is 2.91. The fourth-order valence-electron chi connectivity index (χ4n) is 2.99. The molecule has 1 fully saturated rings. The zero-order valence-corrected chi connectivity index (χ0v) is 11.1. The SMILES string of the molecule is CC(C)C1CCC(C#N)(C(O)c2ccco2)CC1. The number of nitriles is 1. The van der Waals surface area contributed by atoms with Crippen molar-refractivity contribution in [2.45, 2.75) is 45.6 Å². The van der Waals surface area contributed by atoms with Crippen LogP contribution in [0.1, 0.15) is 51.4 Å². The summed E-state index contributed by atoms with van der Waals surface area (Å²) in [7, 11) is 0. The van der Waals surface area contributed by atoms with Gasteiger partial charge in [0, 0.05) is 0 Å². The molecule has 18 heavy (non-hydrogen) atoms. The van der Waals surface area contributed by atoms with Gasteiger partial charge in [-0.1, -0.05) is 13.8 Å². The number of hydrogen-bond acceptors (Lipinski definition) is 3. The highest BCUT2D eigenvalue weighted by molar-refractivity contribution is 5.14. The molecule has 2 rings (SSSR count). The van der Waals surface area contributed by atoms with E-state index in [1.807, 2.05) is 0 Å². The van der Waals surface area contributed by atoms with Gasteiger partial charge in [0.25, 0.3) is 0 Å². The van der Waals surface area contributed by atoms with E-state index < -0.39 is 11.5 Å². The van der Waals surface area contributed by atoms with Crippen molar-refractivity contribution in [2.24, 2.45) is 17.3 Å². The van der Waals surface area contributed by atoms with Crippen LogP contribution in [-0.4, -0.2) is 5.11 Å². The average molecular weight is 247 g/mol. The number of rotatable bonds is 3. The van der Waals surface area contributed by atoms with Crippen molar-refractivity contribution in [2.75, 3.05) is 0 Å². The van der Waals surface area contributed by atoms with Gasteiger partial charge in [0.2, 0.25) is 0 Å². The van der Waals surface area contributed by atoms with Gasteiger partial charge in [0.15, 0.2) is 0 Å². The first-order valence-corrected chi connectivity index (χ1v) is 6.72. The fraction of sp³-hybridized carbons (Fsp3) is 0.667. The van der Waals surface area contributed by atoms with Crippen molar-refractivity contribution in [3.8, 4) is 6.07 Å². The van der Waals surface area contributed by atoms with E-state index in [1.165, 1.54) is 0 Å². The van der Waals surface area contributed by atoms with Crippen LogP contribution in [0.4, 0.5) is 0 Å². The Balaban J connectivity index is 2.12. The van der Waals surface area contributed by atoms with Crippen molar-refractivity contribution >= 4 is 0 Å². The van der Waals surface area contributed by atoms with E-state index in [2.05, 4.69) is 19.9 Å². The lowest BCUT2D eigenvalue weighted by Crippen LogP contribution is -2.33. The van der Waals surface area contributed by atoms with Crippen molar-refractivity contribution in [1.82, 2.24) is 0 Å². The van der Waals surface area contributed by atoms with Gasteiger partial charge in [0.05, 0.1) is 17.7 Å². The Morgan fingerprint density at radius 3 is 2.56 bits per heavy atom. The Morgan fingerprint density at radius 1 is 1.44 bits per heavy atom. The Kier molecular flexibility index (Phi) is 3.77. The Hall–Kier alpha value is -1.27. The predicted octanol–water partition coefficient (Wildman–Crippen LogP) is 3.67. The summed E-state index contributed by atoms with van der Waals surface area (Å²) in [6.45, 7) is 4.46. The van der Waals surface area contributed by atoms with Crippen molar-refractivity contribution in [3.05, 3.63) is 24.2 Å². The van der Waals surface area contributed by atoms with Crippen LogP contribution < -0.4 is 0 Å². The molecule has 1 N–H and O–H groups in total. The molecule has 0 radical (unpaired) electrons. The summed E-state index contributed by atoms with van der Waals surface area (Å²) in [5, 5.41) is 19.9. The lowest BCUT2D eigenvalue weighted by atomic mass is 9.65. The van der Waals surface area contributed by atoms with Crippen molar-refractivity contribution in [3.63, 3.8) is 0 Å². The van der Waals surface area contributed by atoms with Crippen LogP contribution in [0.15, 0.2) is 22.8 Å². The topological polar surface area (TPSA) is 57.2 Å². The van der Waals surface area contributed by atoms with Crippen molar-refractivity contribution in [1.29, 1.82) is 5.26 Å². The molecular formula is C15H21NO2. The summed E-state index contributed by atoms with van der Waals surface area (Å²) < 4.78 is 5.25. The number of aliphatic hydroxyl groups excluding tert-OH is 1. The summed E-state index contributed by atoms with van der Waals surface area (Å²) >= 11 is 0. The van der Waals surface area contributed by atoms with E-state index in [1.54, 1.807) is 18.4 Å². The van der Waals surface area contributed by atoms with E-state index in [4.69, 9.17) is 4.42 Å². The summed E-state index contributed by atoms with van der Waals surface area (Å²) in [5.41, 5.74) is -0.663. The van der Waals surface area contributed by atoms with E-state index >= 15 is 0 Å². The Morgan fingerprint density at radius 2 is 2.11 bits per heavy atom. The third kappa shape index (κ3) is 2.30. The summed E-state index contributed by atoms with van der Waals surface area (Å²) in [6.07, 6.45) is 4.29. The second-order valence-electron chi connectivity index (χ2n) is 5.77. The van der Waals surface area contributed by atoms with Gasteiger partial charge >= 0.3 is 0 Å². The maximum Gasteiger partial charge on any atom is 0.133 e.